The Morgan fingerprint density at radius 2 is 1.49 bits per heavy atom. The molecule has 4 aromatic carbocycles. The average Bonchev–Trinajstić information content (AvgIpc) is 3.40. The number of pyridine rings is 1. The standard InChI is InChI=1S/C42H35N5O.Pt/c1-41(2,3)30-17-19-44-39(24-30)47-36-16-13-28(27-11-9-8-10-12-27)23-35(36)34-15-14-32(26-37(34)47)48-33-22-29(21-31(25-33)43-7)40-45-20-18-38(46-40)42(4,5)6;/h8-21,23-25H,1-6H3;/q-2;+2. The number of benzene rings is 4. The van der Waals surface area contributed by atoms with Crippen LogP contribution in [0.25, 0.3) is 55.0 Å². The van der Waals surface area contributed by atoms with E-state index < -0.39 is 0 Å². The van der Waals surface area contributed by atoms with E-state index in [1.54, 1.807) is 18.3 Å². The third-order valence-electron chi connectivity index (χ3n) is 8.44. The Bertz CT molecular complexity index is 2360. The summed E-state index contributed by atoms with van der Waals surface area (Å²) in [6, 6.07) is 37.3. The molecule has 0 aliphatic heterocycles. The van der Waals surface area contributed by atoms with Crippen molar-refractivity contribution in [3.63, 3.8) is 0 Å². The van der Waals surface area contributed by atoms with Crippen LogP contribution in [0.1, 0.15) is 52.8 Å². The van der Waals surface area contributed by atoms with Gasteiger partial charge in [0.05, 0.1) is 12.4 Å². The number of ether oxygens (including phenoxy) is 1. The summed E-state index contributed by atoms with van der Waals surface area (Å²) < 4.78 is 8.55. The van der Waals surface area contributed by atoms with Gasteiger partial charge in [-0.2, -0.15) is 6.07 Å². The van der Waals surface area contributed by atoms with Gasteiger partial charge in [0, 0.05) is 40.5 Å². The van der Waals surface area contributed by atoms with Crippen LogP contribution in [0.15, 0.2) is 103 Å². The molecule has 0 saturated heterocycles. The molecule has 49 heavy (non-hydrogen) atoms. The van der Waals surface area contributed by atoms with Gasteiger partial charge in [0.25, 0.3) is 0 Å². The summed E-state index contributed by atoms with van der Waals surface area (Å²) >= 11 is 0. The quantitative estimate of drug-likeness (QED) is 0.162. The van der Waals surface area contributed by atoms with E-state index in [9.17, 15) is 0 Å². The Kier molecular flexibility index (Phi) is 9.01. The van der Waals surface area contributed by atoms with E-state index in [1.807, 2.05) is 24.4 Å². The van der Waals surface area contributed by atoms with Gasteiger partial charge in [-0.3, -0.25) is 14.8 Å². The maximum atomic E-state index is 7.75. The van der Waals surface area contributed by atoms with Gasteiger partial charge in [0.15, 0.2) is 0 Å². The van der Waals surface area contributed by atoms with Crippen LogP contribution in [-0.2, 0) is 31.9 Å². The first-order valence-electron chi connectivity index (χ1n) is 16.0. The van der Waals surface area contributed by atoms with E-state index in [4.69, 9.17) is 21.3 Å². The van der Waals surface area contributed by atoms with Gasteiger partial charge >= 0.3 is 21.1 Å². The fourth-order valence-electron chi connectivity index (χ4n) is 5.83. The summed E-state index contributed by atoms with van der Waals surface area (Å²) in [5.74, 6) is 2.19. The normalized spacial score (nSPS) is 11.7. The first kappa shape index (κ1) is 33.8. The SMILES string of the molecule is [C-]#[N+]c1cc(Oc2[c-]c3c(cc2)c2cc(-c4ccccc4)ccc2n3-c2cc(C(C)(C)C)ccn2)[c-]c(-c2nccc(C(C)(C)C)n2)c1.[Pt+2]. The zero-order valence-corrected chi connectivity index (χ0v) is 30.5. The smallest absolute Gasteiger partial charge is 0.504 e. The second-order valence-electron chi connectivity index (χ2n) is 14.0. The van der Waals surface area contributed by atoms with E-state index in [-0.39, 0.29) is 31.9 Å². The molecule has 0 aliphatic rings. The molecule has 0 bridgehead atoms. The molecule has 244 valence electrons. The number of fused-ring (bicyclic) bond motifs is 3. The Balaban J connectivity index is 0.00000417. The molecule has 7 heteroatoms. The van der Waals surface area contributed by atoms with E-state index in [1.165, 1.54) is 5.56 Å². The molecule has 0 spiro atoms. The molecular weight excluding hydrogens is 786 g/mol. The summed E-state index contributed by atoms with van der Waals surface area (Å²) in [5, 5.41) is 2.13. The minimum Gasteiger partial charge on any atom is -0.504 e. The molecule has 0 fully saturated rings. The van der Waals surface area contributed by atoms with Crippen LogP contribution in [0.2, 0.25) is 0 Å². The van der Waals surface area contributed by atoms with Crippen molar-refractivity contribution in [2.45, 2.75) is 52.4 Å². The fraction of sp³-hybridized carbons (Fsp3) is 0.190. The molecule has 7 aromatic rings. The monoisotopic (exact) mass is 820 g/mol. The van der Waals surface area contributed by atoms with Crippen molar-refractivity contribution in [1.82, 2.24) is 19.5 Å². The van der Waals surface area contributed by atoms with Crippen LogP contribution in [0, 0.1) is 18.7 Å². The van der Waals surface area contributed by atoms with Crippen LogP contribution < -0.4 is 4.74 Å². The van der Waals surface area contributed by atoms with Gasteiger partial charge in [-0.25, -0.2) is 4.98 Å². The van der Waals surface area contributed by atoms with Crippen LogP contribution in [0.5, 0.6) is 11.5 Å². The predicted octanol–water partition coefficient (Wildman–Crippen LogP) is 10.8. The molecule has 0 amide bonds. The number of aromatic nitrogens is 4. The maximum Gasteiger partial charge on any atom is 2.00 e. The Hall–Kier alpha value is -5.11. The van der Waals surface area contributed by atoms with E-state index in [0.29, 0.717) is 28.6 Å². The molecule has 0 saturated carbocycles. The number of hydrogen-bond donors (Lipinski definition) is 0. The maximum absolute atomic E-state index is 7.75. The molecule has 0 radical (unpaired) electrons. The summed E-state index contributed by atoms with van der Waals surface area (Å²) in [7, 11) is 0. The first-order valence-corrected chi connectivity index (χ1v) is 16.0. The van der Waals surface area contributed by atoms with Crippen molar-refractivity contribution in [1.29, 1.82) is 0 Å². The summed E-state index contributed by atoms with van der Waals surface area (Å²) in [6.07, 6.45) is 3.61. The van der Waals surface area contributed by atoms with Gasteiger partial charge in [-0.05, 0) is 51.8 Å². The van der Waals surface area contributed by atoms with Gasteiger partial charge in [-0.1, -0.05) is 102 Å². The van der Waals surface area contributed by atoms with Crippen LogP contribution in [-0.4, -0.2) is 19.5 Å². The van der Waals surface area contributed by atoms with E-state index in [0.717, 1.165) is 44.4 Å². The Morgan fingerprint density at radius 1 is 0.714 bits per heavy atom. The zero-order valence-electron chi connectivity index (χ0n) is 28.3. The molecule has 0 N–H and O–H groups in total. The second-order valence-corrected chi connectivity index (χ2v) is 14.0. The van der Waals surface area contributed by atoms with Crippen LogP contribution in [0.3, 0.4) is 0 Å². The summed E-state index contributed by atoms with van der Waals surface area (Å²) in [5.41, 5.74) is 7.05. The molecule has 7 rings (SSSR count). The molecule has 3 heterocycles. The van der Waals surface area contributed by atoms with Gasteiger partial charge in [0.2, 0.25) is 0 Å². The number of nitrogens with zero attached hydrogens (tertiary/aromatic N) is 5. The molecule has 3 aromatic heterocycles. The largest absolute Gasteiger partial charge is 2.00 e. The minimum atomic E-state index is -0.152. The third kappa shape index (κ3) is 6.77. The minimum absolute atomic E-state index is 0. The van der Waals surface area contributed by atoms with E-state index in [2.05, 4.69) is 129 Å². The fourth-order valence-corrected chi connectivity index (χ4v) is 5.83. The molecule has 0 unspecified atom stereocenters. The summed E-state index contributed by atoms with van der Waals surface area (Å²) in [4.78, 5) is 17.8. The van der Waals surface area contributed by atoms with Crippen molar-refractivity contribution in [3.8, 4) is 39.8 Å². The number of rotatable bonds is 5. The predicted molar refractivity (Wildman–Crippen MR) is 193 cm³/mol. The average molecular weight is 821 g/mol. The van der Waals surface area contributed by atoms with Crippen LogP contribution >= 0.6 is 0 Å². The molecule has 6 nitrogen and oxygen atoms in total. The van der Waals surface area contributed by atoms with Gasteiger partial charge in [0.1, 0.15) is 11.5 Å². The van der Waals surface area contributed by atoms with Crippen molar-refractivity contribution < 1.29 is 25.8 Å². The van der Waals surface area contributed by atoms with Gasteiger partial charge < -0.3 is 9.30 Å². The van der Waals surface area contributed by atoms with E-state index >= 15 is 0 Å². The van der Waals surface area contributed by atoms with Crippen molar-refractivity contribution in [2.75, 3.05) is 0 Å². The molecule has 0 aliphatic carbocycles. The Morgan fingerprint density at radius 3 is 2.22 bits per heavy atom. The zero-order chi connectivity index (χ0) is 33.6. The summed E-state index contributed by atoms with van der Waals surface area (Å²) in [6.45, 7) is 20.7. The van der Waals surface area contributed by atoms with Crippen molar-refractivity contribution in [3.05, 3.63) is 138 Å². The first-order chi connectivity index (χ1) is 23.0. The topological polar surface area (TPSA) is 57.2 Å². The third-order valence-corrected chi connectivity index (χ3v) is 8.44. The molecular formula is C42H35N5OPt. The Labute approximate surface area is 301 Å². The second kappa shape index (κ2) is 13.1. The van der Waals surface area contributed by atoms with Crippen LogP contribution in [0.4, 0.5) is 5.69 Å². The van der Waals surface area contributed by atoms with Gasteiger partial charge in [-0.15, -0.1) is 29.1 Å². The number of hydrogen-bond acceptors (Lipinski definition) is 4. The van der Waals surface area contributed by atoms with Crippen molar-refractivity contribution in [2.24, 2.45) is 0 Å². The van der Waals surface area contributed by atoms with Crippen molar-refractivity contribution >= 4 is 27.5 Å². The molecule has 0 atom stereocenters.